The van der Waals surface area contributed by atoms with Crippen LogP contribution in [0.5, 0.6) is 0 Å². The number of hydrogen-bond acceptors (Lipinski definition) is 4. The smallest absolute Gasteiger partial charge is 0.152 e. The number of benzene rings is 1. The van der Waals surface area contributed by atoms with E-state index in [2.05, 4.69) is 38.5 Å². The molecule has 4 rings (SSSR count). The van der Waals surface area contributed by atoms with Crippen molar-refractivity contribution in [3.63, 3.8) is 0 Å². The first-order valence-electron chi connectivity index (χ1n) is 6.51. The topological polar surface area (TPSA) is 50.2 Å². The van der Waals surface area contributed by atoms with Gasteiger partial charge in [0.2, 0.25) is 0 Å². The molecule has 0 fully saturated rings. The lowest BCUT2D eigenvalue weighted by Gasteiger charge is -2.07. The number of pyridine rings is 2. The van der Waals surface area contributed by atoms with Gasteiger partial charge in [-0.15, -0.1) is 0 Å². The van der Waals surface area contributed by atoms with E-state index in [1.807, 2.05) is 30.5 Å². The normalized spacial score (nSPS) is 13.1. The van der Waals surface area contributed by atoms with Crippen LogP contribution in [0.2, 0.25) is 0 Å². The molecule has 0 saturated heterocycles. The number of hydrogen-bond donors (Lipinski definition) is 1. The van der Waals surface area contributed by atoms with Crippen LogP contribution in [0.4, 0.5) is 5.69 Å². The van der Waals surface area contributed by atoms with Crippen LogP contribution in [0.1, 0.15) is 11.3 Å². The minimum absolute atomic E-state index is 0.687. The first-order chi connectivity index (χ1) is 9.90. The van der Waals surface area contributed by atoms with Crippen molar-refractivity contribution in [3.05, 3.63) is 66.1 Å². The summed E-state index contributed by atoms with van der Waals surface area (Å²) in [5, 5.41) is 4.42. The van der Waals surface area contributed by atoms with Crippen molar-refractivity contribution in [1.29, 1.82) is 0 Å². The lowest BCUT2D eigenvalue weighted by molar-refractivity contribution is 1.09. The van der Waals surface area contributed by atoms with Crippen molar-refractivity contribution in [2.24, 2.45) is 4.99 Å². The van der Waals surface area contributed by atoms with Gasteiger partial charge in [0.25, 0.3) is 0 Å². The van der Waals surface area contributed by atoms with E-state index in [0.717, 1.165) is 33.7 Å². The number of aromatic nitrogens is 2. The number of para-hydroxylation sites is 1. The van der Waals surface area contributed by atoms with Crippen LogP contribution in [0.15, 0.2) is 59.9 Å². The van der Waals surface area contributed by atoms with E-state index in [1.165, 1.54) is 0 Å². The fourth-order valence-electron chi connectivity index (χ4n) is 2.39. The van der Waals surface area contributed by atoms with Crippen molar-refractivity contribution >= 4 is 22.4 Å². The maximum Gasteiger partial charge on any atom is 0.152 e. The van der Waals surface area contributed by atoms with E-state index in [1.54, 1.807) is 6.20 Å². The van der Waals surface area contributed by atoms with E-state index in [4.69, 9.17) is 0 Å². The molecule has 1 aromatic carbocycles. The van der Waals surface area contributed by atoms with E-state index < -0.39 is 0 Å². The molecule has 2 aromatic heterocycles. The van der Waals surface area contributed by atoms with Crippen LogP contribution >= 0.6 is 0 Å². The van der Waals surface area contributed by atoms with Gasteiger partial charge in [0.05, 0.1) is 23.9 Å². The molecule has 4 nitrogen and oxygen atoms in total. The molecule has 3 aromatic rings. The second-order valence-corrected chi connectivity index (χ2v) is 4.72. The van der Waals surface area contributed by atoms with Crippen molar-refractivity contribution < 1.29 is 0 Å². The zero-order valence-electron chi connectivity index (χ0n) is 10.7. The third-order valence-electron chi connectivity index (χ3n) is 3.38. The molecule has 0 spiro atoms. The van der Waals surface area contributed by atoms with E-state index >= 15 is 0 Å². The fraction of sp³-hybridized carbons (Fsp3) is 0.0625. The van der Waals surface area contributed by atoms with Crippen molar-refractivity contribution in [3.8, 4) is 0 Å². The third-order valence-corrected chi connectivity index (χ3v) is 3.38. The van der Waals surface area contributed by atoms with E-state index in [-0.39, 0.29) is 0 Å². The molecular formula is C16H12N4. The number of fused-ring (bicyclic) bond motifs is 2. The molecule has 1 N–H and O–H groups in total. The Morgan fingerprint density at radius 3 is 2.95 bits per heavy atom. The molecule has 4 heteroatoms. The Morgan fingerprint density at radius 2 is 1.95 bits per heavy atom. The highest BCUT2D eigenvalue weighted by atomic mass is 15.0. The highest BCUT2D eigenvalue weighted by molar-refractivity contribution is 6.09. The van der Waals surface area contributed by atoms with Crippen molar-refractivity contribution in [2.75, 3.05) is 5.32 Å². The lowest BCUT2D eigenvalue weighted by atomic mass is 10.2. The quantitative estimate of drug-likeness (QED) is 0.731. The molecule has 20 heavy (non-hydrogen) atoms. The monoisotopic (exact) mass is 260 g/mol. The Kier molecular flexibility index (Phi) is 2.45. The summed E-state index contributed by atoms with van der Waals surface area (Å²) in [7, 11) is 0. The molecule has 0 saturated carbocycles. The Morgan fingerprint density at radius 1 is 1.00 bits per heavy atom. The highest BCUT2D eigenvalue weighted by Gasteiger charge is 2.16. The number of nitrogens with one attached hydrogen (secondary N) is 1. The summed E-state index contributed by atoms with van der Waals surface area (Å²) >= 11 is 0. The molecule has 1 aliphatic rings. The summed E-state index contributed by atoms with van der Waals surface area (Å²) in [6, 6.07) is 14.1. The highest BCUT2D eigenvalue weighted by Crippen LogP contribution is 2.20. The number of nitrogens with zero attached hydrogens (tertiary/aromatic N) is 3. The Bertz CT molecular complexity index is 823. The molecule has 1 aliphatic heterocycles. The Hall–Kier alpha value is -2.75. The number of rotatable bonds is 1. The Labute approximate surface area is 116 Å². The average Bonchev–Trinajstić information content (AvgIpc) is 2.91. The predicted octanol–water partition coefficient (Wildman–Crippen LogP) is 3.00. The van der Waals surface area contributed by atoms with Crippen molar-refractivity contribution in [1.82, 2.24) is 9.97 Å². The SMILES string of the molecule is c1cnc2c(c1)CN=C2Nc1cnc2ccccc2c1. The minimum atomic E-state index is 0.687. The van der Waals surface area contributed by atoms with Gasteiger partial charge in [-0.25, -0.2) is 0 Å². The summed E-state index contributed by atoms with van der Waals surface area (Å²) in [6.07, 6.45) is 3.62. The summed E-state index contributed by atoms with van der Waals surface area (Å²) in [4.78, 5) is 13.3. The number of anilines is 1. The molecule has 0 atom stereocenters. The Balaban J connectivity index is 1.69. The maximum atomic E-state index is 4.49. The predicted molar refractivity (Wildman–Crippen MR) is 79.8 cm³/mol. The molecule has 0 radical (unpaired) electrons. The molecule has 0 unspecified atom stereocenters. The van der Waals surface area contributed by atoms with Gasteiger partial charge in [0.15, 0.2) is 5.84 Å². The number of aliphatic imine (C=N–C) groups is 1. The van der Waals surface area contributed by atoms with Gasteiger partial charge >= 0.3 is 0 Å². The van der Waals surface area contributed by atoms with Crippen LogP contribution in [-0.4, -0.2) is 15.8 Å². The summed E-state index contributed by atoms with van der Waals surface area (Å²) in [6.45, 7) is 0.687. The molecule has 3 heterocycles. The summed E-state index contributed by atoms with van der Waals surface area (Å²) in [5.74, 6) is 0.817. The second kappa shape index (κ2) is 4.42. The standard InChI is InChI=1S/C16H12N4/c1-2-6-14-11(4-1)8-13(10-18-14)20-16-15-12(9-19-16)5-3-7-17-15/h1-8,10H,9H2,(H,19,20). The number of amidine groups is 1. The van der Waals surface area contributed by atoms with E-state index in [9.17, 15) is 0 Å². The van der Waals surface area contributed by atoms with Gasteiger partial charge in [-0.3, -0.25) is 15.0 Å². The van der Waals surface area contributed by atoms with Crippen LogP contribution in [0, 0.1) is 0 Å². The van der Waals surface area contributed by atoms with Gasteiger partial charge in [-0.05, 0) is 18.2 Å². The van der Waals surface area contributed by atoms with E-state index in [0.29, 0.717) is 6.54 Å². The second-order valence-electron chi connectivity index (χ2n) is 4.72. The van der Waals surface area contributed by atoms with Gasteiger partial charge in [-0.2, -0.15) is 0 Å². The first-order valence-corrected chi connectivity index (χ1v) is 6.51. The van der Waals surface area contributed by atoms with Crippen LogP contribution in [0.3, 0.4) is 0 Å². The largest absolute Gasteiger partial charge is 0.337 e. The third kappa shape index (κ3) is 1.82. The van der Waals surface area contributed by atoms with Gasteiger partial charge < -0.3 is 5.32 Å². The summed E-state index contributed by atoms with van der Waals surface area (Å²) in [5.41, 5.74) is 4.01. The van der Waals surface area contributed by atoms with Gasteiger partial charge in [0, 0.05) is 17.1 Å². The van der Waals surface area contributed by atoms with Crippen LogP contribution in [0.25, 0.3) is 10.9 Å². The molecular weight excluding hydrogens is 248 g/mol. The van der Waals surface area contributed by atoms with Gasteiger partial charge in [-0.1, -0.05) is 24.3 Å². The van der Waals surface area contributed by atoms with Crippen LogP contribution in [-0.2, 0) is 6.54 Å². The molecule has 0 aliphatic carbocycles. The molecule has 0 amide bonds. The maximum absolute atomic E-state index is 4.49. The van der Waals surface area contributed by atoms with Crippen LogP contribution < -0.4 is 5.32 Å². The fourth-order valence-corrected chi connectivity index (χ4v) is 2.39. The molecule has 0 bridgehead atoms. The van der Waals surface area contributed by atoms with Gasteiger partial charge in [0.1, 0.15) is 5.69 Å². The molecule has 96 valence electrons. The summed E-state index contributed by atoms with van der Waals surface area (Å²) < 4.78 is 0. The average molecular weight is 260 g/mol. The minimum Gasteiger partial charge on any atom is -0.337 e. The zero-order chi connectivity index (χ0) is 13.4. The zero-order valence-corrected chi connectivity index (χ0v) is 10.7. The lowest BCUT2D eigenvalue weighted by Crippen LogP contribution is -2.13. The first kappa shape index (κ1) is 11.1. The van der Waals surface area contributed by atoms with Crippen molar-refractivity contribution in [2.45, 2.75) is 6.54 Å².